The Morgan fingerprint density at radius 2 is 2.29 bits per heavy atom. The van der Waals surface area contributed by atoms with Crippen molar-refractivity contribution in [2.24, 2.45) is 0 Å². The molecule has 2 rings (SSSR count). The van der Waals surface area contributed by atoms with Crippen LogP contribution in [0.2, 0.25) is 0 Å². The molecule has 0 aliphatic heterocycles. The van der Waals surface area contributed by atoms with Gasteiger partial charge < -0.3 is 5.32 Å². The molecule has 0 aliphatic carbocycles. The van der Waals surface area contributed by atoms with Crippen molar-refractivity contribution in [3.8, 4) is 0 Å². The zero-order valence-electron chi connectivity index (χ0n) is 12.2. The molecule has 0 spiro atoms. The molecule has 0 saturated heterocycles. The molecule has 0 aliphatic rings. The van der Waals surface area contributed by atoms with Gasteiger partial charge in [0.25, 0.3) is 5.69 Å². The SMILES string of the molecule is CCC(NCCc1csc(C)n1)c1cccc([N+](=O)[O-])c1. The highest BCUT2D eigenvalue weighted by Gasteiger charge is 2.13. The predicted molar refractivity (Wildman–Crippen MR) is 84.7 cm³/mol. The smallest absolute Gasteiger partial charge is 0.269 e. The third kappa shape index (κ3) is 4.34. The second-order valence-corrected chi connectivity index (χ2v) is 5.94. The van der Waals surface area contributed by atoms with E-state index in [-0.39, 0.29) is 16.7 Å². The summed E-state index contributed by atoms with van der Waals surface area (Å²) in [5.41, 5.74) is 2.20. The highest BCUT2D eigenvalue weighted by atomic mass is 32.1. The largest absolute Gasteiger partial charge is 0.310 e. The molecule has 2 aromatic rings. The van der Waals surface area contributed by atoms with Crippen LogP contribution in [0.15, 0.2) is 29.6 Å². The van der Waals surface area contributed by atoms with Crippen LogP contribution in [0.5, 0.6) is 0 Å². The van der Waals surface area contributed by atoms with E-state index in [4.69, 9.17) is 0 Å². The fraction of sp³-hybridized carbons (Fsp3) is 0.400. The quantitative estimate of drug-likeness (QED) is 0.626. The molecule has 1 aromatic carbocycles. The lowest BCUT2D eigenvalue weighted by atomic mass is 10.0. The molecule has 0 fully saturated rings. The summed E-state index contributed by atoms with van der Waals surface area (Å²) in [5, 5.41) is 17.4. The Kier molecular flexibility index (Phi) is 5.41. The molecule has 21 heavy (non-hydrogen) atoms. The van der Waals surface area contributed by atoms with Gasteiger partial charge in [-0.05, 0) is 18.9 Å². The van der Waals surface area contributed by atoms with Gasteiger partial charge in [0.2, 0.25) is 0 Å². The molecule has 1 heterocycles. The number of thiazole rings is 1. The van der Waals surface area contributed by atoms with E-state index in [2.05, 4.69) is 22.6 Å². The summed E-state index contributed by atoms with van der Waals surface area (Å²) in [5.74, 6) is 0. The minimum Gasteiger partial charge on any atom is -0.310 e. The van der Waals surface area contributed by atoms with Gasteiger partial charge in [-0.25, -0.2) is 4.98 Å². The van der Waals surface area contributed by atoms with E-state index >= 15 is 0 Å². The number of non-ortho nitro benzene ring substituents is 1. The average Bonchev–Trinajstić information content (AvgIpc) is 2.89. The van der Waals surface area contributed by atoms with E-state index in [1.54, 1.807) is 23.5 Å². The lowest BCUT2D eigenvalue weighted by Gasteiger charge is -2.17. The molecule has 0 bridgehead atoms. The number of benzene rings is 1. The number of nitrogens with zero attached hydrogens (tertiary/aromatic N) is 2. The van der Waals surface area contributed by atoms with Crippen molar-refractivity contribution in [3.05, 3.63) is 56.0 Å². The second kappa shape index (κ2) is 7.28. The Hall–Kier alpha value is -1.79. The van der Waals surface area contributed by atoms with E-state index in [0.29, 0.717) is 0 Å². The van der Waals surface area contributed by atoms with E-state index in [1.807, 2.05) is 13.0 Å². The van der Waals surface area contributed by atoms with Crippen molar-refractivity contribution in [1.29, 1.82) is 0 Å². The highest BCUT2D eigenvalue weighted by molar-refractivity contribution is 7.09. The summed E-state index contributed by atoms with van der Waals surface area (Å²) in [6.07, 6.45) is 1.76. The maximum absolute atomic E-state index is 10.8. The van der Waals surface area contributed by atoms with Crippen LogP contribution in [0.1, 0.15) is 35.7 Å². The van der Waals surface area contributed by atoms with Crippen LogP contribution >= 0.6 is 11.3 Å². The van der Waals surface area contributed by atoms with Crippen molar-refractivity contribution < 1.29 is 4.92 Å². The molecule has 1 unspecified atom stereocenters. The molecular formula is C15H19N3O2S. The van der Waals surface area contributed by atoms with E-state index in [0.717, 1.165) is 35.7 Å². The number of nitro benzene ring substituents is 1. The summed E-state index contributed by atoms with van der Waals surface area (Å²) in [6, 6.07) is 6.97. The van der Waals surface area contributed by atoms with Crippen LogP contribution in [-0.4, -0.2) is 16.5 Å². The van der Waals surface area contributed by atoms with Gasteiger partial charge in [0.1, 0.15) is 0 Å². The van der Waals surface area contributed by atoms with Crippen LogP contribution in [-0.2, 0) is 6.42 Å². The second-order valence-electron chi connectivity index (χ2n) is 4.87. The molecule has 0 saturated carbocycles. The Labute approximate surface area is 128 Å². The van der Waals surface area contributed by atoms with Crippen molar-refractivity contribution in [2.45, 2.75) is 32.7 Å². The number of nitro groups is 1. The predicted octanol–water partition coefficient (Wildman–Crippen LogP) is 3.64. The minimum absolute atomic E-state index is 0.129. The van der Waals surface area contributed by atoms with Gasteiger partial charge in [0, 0.05) is 36.5 Å². The number of hydrogen-bond donors (Lipinski definition) is 1. The van der Waals surface area contributed by atoms with Gasteiger partial charge >= 0.3 is 0 Å². The maximum Gasteiger partial charge on any atom is 0.269 e. The first-order valence-electron chi connectivity index (χ1n) is 6.99. The van der Waals surface area contributed by atoms with Crippen LogP contribution < -0.4 is 5.32 Å². The molecule has 112 valence electrons. The Bertz CT molecular complexity index is 612. The van der Waals surface area contributed by atoms with Gasteiger partial charge in [-0.15, -0.1) is 11.3 Å². The van der Waals surface area contributed by atoms with Gasteiger partial charge in [0.05, 0.1) is 15.6 Å². The van der Waals surface area contributed by atoms with Gasteiger partial charge in [-0.3, -0.25) is 10.1 Å². The lowest BCUT2D eigenvalue weighted by molar-refractivity contribution is -0.384. The number of rotatable bonds is 7. The molecular weight excluding hydrogens is 286 g/mol. The number of aromatic nitrogens is 1. The molecule has 1 atom stereocenters. The van der Waals surface area contributed by atoms with Crippen molar-refractivity contribution >= 4 is 17.0 Å². The van der Waals surface area contributed by atoms with E-state index in [1.165, 1.54) is 6.07 Å². The van der Waals surface area contributed by atoms with Crippen LogP contribution in [0.4, 0.5) is 5.69 Å². The van der Waals surface area contributed by atoms with Crippen LogP contribution in [0.3, 0.4) is 0 Å². The number of nitrogens with one attached hydrogen (secondary N) is 1. The monoisotopic (exact) mass is 305 g/mol. The molecule has 6 heteroatoms. The Morgan fingerprint density at radius 3 is 2.90 bits per heavy atom. The molecule has 1 N–H and O–H groups in total. The minimum atomic E-state index is -0.353. The van der Waals surface area contributed by atoms with Gasteiger partial charge in [-0.1, -0.05) is 19.1 Å². The first kappa shape index (κ1) is 15.6. The fourth-order valence-corrected chi connectivity index (χ4v) is 2.90. The third-order valence-corrected chi connectivity index (χ3v) is 4.15. The fourth-order valence-electron chi connectivity index (χ4n) is 2.25. The Balaban J connectivity index is 1.96. The number of hydrogen-bond acceptors (Lipinski definition) is 5. The number of aryl methyl sites for hydroxylation is 1. The summed E-state index contributed by atoms with van der Waals surface area (Å²) in [6.45, 7) is 4.88. The maximum atomic E-state index is 10.8. The zero-order valence-corrected chi connectivity index (χ0v) is 13.0. The van der Waals surface area contributed by atoms with Crippen LogP contribution in [0.25, 0.3) is 0 Å². The first-order chi connectivity index (χ1) is 10.1. The van der Waals surface area contributed by atoms with Gasteiger partial charge in [0.15, 0.2) is 0 Å². The zero-order chi connectivity index (χ0) is 15.2. The summed E-state index contributed by atoms with van der Waals surface area (Å²) in [7, 11) is 0. The summed E-state index contributed by atoms with van der Waals surface area (Å²) in [4.78, 5) is 14.9. The van der Waals surface area contributed by atoms with Gasteiger partial charge in [-0.2, -0.15) is 0 Å². The van der Waals surface area contributed by atoms with E-state index < -0.39 is 0 Å². The van der Waals surface area contributed by atoms with Crippen molar-refractivity contribution in [2.75, 3.05) is 6.54 Å². The highest BCUT2D eigenvalue weighted by Crippen LogP contribution is 2.21. The standard InChI is InChI=1S/C15H19N3O2S/c1-3-15(12-5-4-6-14(9-12)18(19)20)16-8-7-13-10-21-11(2)17-13/h4-6,9-10,15-16H,3,7-8H2,1-2H3. The van der Waals surface area contributed by atoms with E-state index in [9.17, 15) is 10.1 Å². The van der Waals surface area contributed by atoms with Crippen LogP contribution in [0, 0.1) is 17.0 Å². The molecule has 5 nitrogen and oxygen atoms in total. The molecule has 0 amide bonds. The topological polar surface area (TPSA) is 68.1 Å². The van der Waals surface area contributed by atoms with Crippen molar-refractivity contribution in [1.82, 2.24) is 10.3 Å². The van der Waals surface area contributed by atoms with Crippen molar-refractivity contribution in [3.63, 3.8) is 0 Å². The lowest BCUT2D eigenvalue weighted by Crippen LogP contribution is -2.23. The third-order valence-electron chi connectivity index (χ3n) is 3.33. The molecule has 1 aromatic heterocycles. The molecule has 0 radical (unpaired) electrons. The average molecular weight is 305 g/mol. The summed E-state index contributed by atoms with van der Waals surface area (Å²) < 4.78 is 0. The summed E-state index contributed by atoms with van der Waals surface area (Å²) >= 11 is 1.66. The Morgan fingerprint density at radius 1 is 1.48 bits per heavy atom. The normalized spacial score (nSPS) is 12.3. The first-order valence-corrected chi connectivity index (χ1v) is 7.87.